The van der Waals surface area contributed by atoms with Crippen molar-refractivity contribution in [2.24, 2.45) is 5.92 Å². The summed E-state index contributed by atoms with van der Waals surface area (Å²) in [4.78, 5) is 28.9. The van der Waals surface area contributed by atoms with Crippen molar-refractivity contribution in [3.63, 3.8) is 0 Å². The van der Waals surface area contributed by atoms with Crippen molar-refractivity contribution in [2.45, 2.75) is 83.3 Å². The summed E-state index contributed by atoms with van der Waals surface area (Å²) in [6.07, 6.45) is -9.64. The molecule has 1 atom stereocenters. The number of carbonyl (C=O) groups excluding carboxylic acids is 2. The smallest absolute Gasteiger partial charge is 0.416 e. The molecule has 0 N–H and O–H groups in total. The van der Waals surface area contributed by atoms with E-state index in [1.165, 1.54) is 33.0 Å². The molecule has 0 saturated carbocycles. The van der Waals surface area contributed by atoms with E-state index < -0.39 is 58.4 Å². The Labute approximate surface area is 247 Å². The lowest BCUT2D eigenvalue weighted by atomic mass is 9.77. The first kappa shape index (κ1) is 34.2. The summed E-state index contributed by atoms with van der Waals surface area (Å²) in [6, 6.07) is 6.94. The molecule has 2 aromatic rings. The molecule has 1 saturated heterocycles. The maximum absolute atomic E-state index is 13.7. The Balaban J connectivity index is 1.88. The molecule has 0 radical (unpaired) electrons. The largest absolute Gasteiger partial charge is 0.444 e. The van der Waals surface area contributed by atoms with Crippen LogP contribution in [0.5, 0.6) is 0 Å². The number of rotatable bonds is 6. The number of halogens is 7. The number of nitrogens with zero attached hydrogens (tertiary/aromatic N) is 2. The monoisotopic (exact) mass is 618 g/mol. The van der Waals surface area contributed by atoms with Crippen LogP contribution in [0.25, 0.3) is 0 Å². The van der Waals surface area contributed by atoms with E-state index in [4.69, 9.17) is 4.74 Å². The third-order valence-corrected chi connectivity index (χ3v) is 7.96. The van der Waals surface area contributed by atoms with Gasteiger partial charge in [0.1, 0.15) is 11.4 Å². The third-order valence-electron chi connectivity index (χ3n) is 7.96. The van der Waals surface area contributed by atoms with Gasteiger partial charge >= 0.3 is 18.4 Å². The van der Waals surface area contributed by atoms with Crippen molar-refractivity contribution < 1.29 is 45.1 Å². The van der Waals surface area contributed by atoms with Crippen LogP contribution in [0.15, 0.2) is 42.5 Å². The Morgan fingerprint density at radius 3 is 1.77 bits per heavy atom. The first-order valence-electron chi connectivity index (χ1n) is 13.9. The first-order valence-corrected chi connectivity index (χ1v) is 13.9. The first-order chi connectivity index (χ1) is 19.6. The van der Waals surface area contributed by atoms with Gasteiger partial charge in [0.25, 0.3) is 0 Å². The molecule has 0 aromatic heterocycles. The number of benzene rings is 2. The Morgan fingerprint density at radius 1 is 0.860 bits per heavy atom. The molecule has 43 heavy (non-hydrogen) atoms. The van der Waals surface area contributed by atoms with Gasteiger partial charge in [0, 0.05) is 26.6 Å². The highest BCUT2D eigenvalue weighted by molar-refractivity contribution is 5.78. The van der Waals surface area contributed by atoms with Crippen LogP contribution in [-0.4, -0.2) is 47.5 Å². The molecule has 0 spiro atoms. The summed E-state index contributed by atoms with van der Waals surface area (Å²) in [6.45, 7) is 8.76. The Morgan fingerprint density at radius 2 is 1.33 bits per heavy atom. The van der Waals surface area contributed by atoms with Crippen LogP contribution in [0.1, 0.15) is 82.1 Å². The zero-order valence-corrected chi connectivity index (χ0v) is 25.0. The van der Waals surface area contributed by atoms with E-state index in [0.717, 1.165) is 4.90 Å². The highest BCUT2D eigenvalue weighted by Gasteiger charge is 2.41. The fourth-order valence-corrected chi connectivity index (χ4v) is 5.22. The molecule has 2 aromatic carbocycles. The molecule has 1 aliphatic heterocycles. The quantitative estimate of drug-likeness (QED) is 0.306. The lowest BCUT2D eigenvalue weighted by molar-refractivity contribution is -0.143. The van der Waals surface area contributed by atoms with Crippen LogP contribution in [-0.2, 0) is 27.4 Å². The molecule has 1 fully saturated rings. The zero-order chi connectivity index (χ0) is 32.5. The fourth-order valence-electron chi connectivity index (χ4n) is 5.22. The summed E-state index contributed by atoms with van der Waals surface area (Å²) in [5.74, 6) is -1.55. The molecule has 3 rings (SSSR count). The number of hydrogen-bond acceptors (Lipinski definition) is 3. The SMILES string of the molecule is CN(C(=O)CC(c1ccc(F)cc1)C1CCN(C(=O)OC(C)(C)C)CC1)C(C)(C)c1cc(C(F)(F)F)cc(C(F)(F)F)c1. The van der Waals surface area contributed by atoms with Gasteiger partial charge in [-0.1, -0.05) is 12.1 Å². The molecular formula is C31H37F7N2O3. The van der Waals surface area contributed by atoms with Crippen molar-refractivity contribution in [1.29, 1.82) is 0 Å². The van der Waals surface area contributed by atoms with Crippen LogP contribution in [0, 0.1) is 11.7 Å². The average molecular weight is 619 g/mol. The van der Waals surface area contributed by atoms with Crippen LogP contribution in [0.4, 0.5) is 35.5 Å². The third kappa shape index (κ3) is 8.63. The van der Waals surface area contributed by atoms with Crippen LogP contribution in [0.2, 0.25) is 0 Å². The Kier molecular flexibility index (Phi) is 9.82. The number of hydrogen-bond donors (Lipinski definition) is 0. The van der Waals surface area contributed by atoms with Gasteiger partial charge in [-0.3, -0.25) is 4.79 Å². The van der Waals surface area contributed by atoms with Crippen LogP contribution in [0.3, 0.4) is 0 Å². The summed E-state index contributed by atoms with van der Waals surface area (Å²) < 4.78 is 100. The normalized spacial score (nSPS) is 16.2. The summed E-state index contributed by atoms with van der Waals surface area (Å²) in [7, 11) is 1.34. The summed E-state index contributed by atoms with van der Waals surface area (Å²) in [5, 5.41) is 0. The minimum atomic E-state index is -5.03. The van der Waals surface area contributed by atoms with Gasteiger partial charge in [0.2, 0.25) is 5.91 Å². The zero-order valence-electron chi connectivity index (χ0n) is 25.0. The van der Waals surface area contributed by atoms with Gasteiger partial charge in [-0.15, -0.1) is 0 Å². The minimum absolute atomic E-state index is 0.0512. The molecular weight excluding hydrogens is 581 g/mol. The minimum Gasteiger partial charge on any atom is -0.444 e. The average Bonchev–Trinajstić information content (AvgIpc) is 2.89. The van der Waals surface area contributed by atoms with Crippen LogP contribution < -0.4 is 0 Å². The highest BCUT2D eigenvalue weighted by atomic mass is 19.4. The van der Waals surface area contributed by atoms with Crippen LogP contribution >= 0.6 is 0 Å². The van der Waals surface area contributed by atoms with Crippen molar-refractivity contribution in [1.82, 2.24) is 9.80 Å². The van der Waals surface area contributed by atoms with E-state index >= 15 is 0 Å². The Hall–Kier alpha value is -3.31. The predicted molar refractivity (Wildman–Crippen MR) is 147 cm³/mol. The second-order valence-corrected chi connectivity index (χ2v) is 12.5. The highest BCUT2D eigenvalue weighted by Crippen LogP contribution is 2.41. The van der Waals surface area contributed by atoms with Gasteiger partial charge < -0.3 is 14.5 Å². The number of ether oxygens (including phenoxy) is 1. The van der Waals surface area contributed by atoms with Crippen molar-refractivity contribution in [3.8, 4) is 0 Å². The summed E-state index contributed by atoms with van der Waals surface area (Å²) >= 11 is 0. The molecule has 0 aliphatic carbocycles. The molecule has 238 valence electrons. The standard InChI is InChI=1S/C31H37F7N2O3/c1-28(2,3)43-27(42)40-13-11-20(12-14-40)25(19-7-9-24(32)10-8-19)18-26(41)39(6)29(4,5)21-15-22(30(33,34)35)17-23(16-21)31(36,37)38/h7-10,15-17,20,25H,11-14,18H2,1-6H3. The maximum Gasteiger partial charge on any atom is 0.416 e. The van der Waals surface area contributed by atoms with Gasteiger partial charge in [0.05, 0.1) is 16.7 Å². The second kappa shape index (κ2) is 12.4. The predicted octanol–water partition coefficient (Wildman–Crippen LogP) is 8.38. The number of likely N-dealkylation sites (tertiary alicyclic amines) is 1. The van der Waals surface area contributed by atoms with Gasteiger partial charge in [-0.05, 0) is 101 Å². The molecule has 5 nitrogen and oxygen atoms in total. The molecule has 12 heteroatoms. The van der Waals surface area contributed by atoms with Gasteiger partial charge in [-0.25, -0.2) is 9.18 Å². The number of carbonyl (C=O) groups is 2. The summed E-state index contributed by atoms with van der Waals surface area (Å²) in [5.41, 5.74) is -4.82. The van der Waals surface area contributed by atoms with E-state index in [9.17, 15) is 40.3 Å². The molecule has 1 unspecified atom stereocenters. The Bertz CT molecular complexity index is 1260. The number of alkyl halides is 6. The number of piperidine rings is 1. The van der Waals surface area contributed by atoms with Crippen molar-refractivity contribution in [2.75, 3.05) is 20.1 Å². The van der Waals surface area contributed by atoms with E-state index in [1.54, 1.807) is 37.8 Å². The van der Waals surface area contributed by atoms with E-state index in [0.29, 0.717) is 43.6 Å². The van der Waals surface area contributed by atoms with E-state index in [-0.39, 0.29) is 24.0 Å². The van der Waals surface area contributed by atoms with Gasteiger partial charge in [-0.2, -0.15) is 26.3 Å². The van der Waals surface area contributed by atoms with Crippen molar-refractivity contribution >= 4 is 12.0 Å². The second-order valence-electron chi connectivity index (χ2n) is 12.5. The lowest BCUT2D eigenvalue weighted by Crippen LogP contribution is -2.45. The van der Waals surface area contributed by atoms with E-state index in [1.807, 2.05) is 0 Å². The molecule has 0 bridgehead atoms. The fraction of sp³-hybridized carbons (Fsp3) is 0.548. The maximum atomic E-state index is 13.7. The van der Waals surface area contributed by atoms with Gasteiger partial charge in [0.15, 0.2) is 0 Å². The topological polar surface area (TPSA) is 49.9 Å². The van der Waals surface area contributed by atoms with E-state index in [2.05, 4.69) is 0 Å². The molecule has 2 amide bonds. The molecule has 1 heterocycles. The number of amides is 2. The molecule has 1 aliphatic rings. The van der Waals surface area contributed by atoms with Crippen molar-refractivity contribution in [3.05, 3.63) is 70.5 Å². The lowest BCUT2D eigenvalue weighted by Gasteiger charge is -2.40.